The molecule has 0 N–H and O–H groups in total. The van der Waals surface area contributed by atoms with Crippen molar-refractivity contribution in [3.8, 4) is 0 Å². The summed E-state index contributed by atoms with van der Waals surface area (Å²) in [6.45, 7) is 8.82. The zero-order valence-corrected chi connectivity index (χ0v) is 16.4. The third kappa shape index (κ3) is 5.00. The van der Waals surface area contributed by atoms with Crippen molar-refractivity contribution in [1.29, 1.82) is 0 Å². The maximum atomic E-state index is 12.5. The van der Waals surface area contributed by atoms with Gasteiger partial charge in [0.2, 0.25) is 0 Å². The molecular formula is C19H28O2Te. The number of benzene rings is 1. The van der Waals surface area contributed by atoms with E-state index in [1.807, 2.05) is 13.0 Å². The summed E-state index contributed by atoms with van der Waals surface area (Å²) < 4.78 is 7.35. The molecule has 1 aromatic rings. The van der Waals surface area contributed by atoms with Crippen LogP contribution in [0.3, 0.4) is 0 Å². The van der Waals surface area contributed by atoms with E-state index in [-0.39, 0.29) is 16.0 Å². The first-order valence-corrected chi connectivity index (χ1v) is 10.9. The molecule has 1 fully saturated rings. The van der Waals surface area contributed by atoms with Crippen LogP contribution in [0.1, 0.15) is 47.0 Å². The van der Waals surface area contributed by atoms with E-state index in [2.05, 4.69) is 45.0 Å². The normalized spacial score (nSPS) is 26.7. The van der Waals surface area contributed by atoms with Gasteiger partial charge in [0.25, 0.3) is 0 Å². The molecule has 2 rings (SSSR count). The van der Waals surface area contributed by atoms with E-state index in [1.54, 1.807) is 0 Å². The molecule has 0 saturated heterocycles. The molecule has 1 aliphatic rings. The Labute approximate surface area is 145 Å². The molecule has 0 heterocycles. The van der Waals surface area contributed by atoms with Crippen LogP contribution in [0.2, 0.25) is 3.97 Å². The average Bonchev–Trinajstić information content (AvgIpc) is 2.48. The average molecular weight is 416 g/mol. The molecule has 1 aromatic carbocycles. The van der Waals surface area contributed by atoms with Gasteiger partial charge >= 0.3 is 145 Å². The van der Waals surface area contributed by atoms with Crippen molar-refractivity contribution in [2.45, 2.75) is 57.0 Å². The van der Waals surface area contributed by atoms with E-state index in [4.69, 9.17) is 4.74 Å². The van der Waals surface area contributed by atoms with Crippen LogP contribution >= 0.6 is 0 Å². The molecule has 0 aromatic heterocycles. The molecule has 4 atom stereocenters. The van der Waals surface area contributed by atoms with Crippen LogP contribution in [0.15, 0.2) is 30.3 Å². The van der Waals surface area contributed by atoms with E-state index in [0.29, 0.717) is 17.8 Å². The summed E-state index contributed by atoms with van der Waals surface area (Å²) in [7, 11) is 0. The standard InChI is InChI=1S/C19H28O2Te/c1-13(2)17-11-10-14(3)12-18(17)21-19(20)15(4)22-16-8-6-5-7-9-16/h5-9,13-15,17-18H,10-12H2,1-4H3/t14-,15?,17+,18-/m0/s1. The summed E-state index contributed by atoms with van der Waals surface area (Å²) in [5, 5.41) is 0. The first kappa shape index (κ1) is 17.8. The van der Waals surface area contributed by atoms with Crippen molar-refractivity contribution in [2.24, 2.45) is 17.8 Å². The van der Waals surface area contributed by atoms with Crippen molar-refractivity contribution in [1.82, 2.24) is 0 Å². The molecule has 0 spiro atoms. The van der Waals surface area contributed by atoms with Crippen molar-refractivity contribution >= 4 is 30.5 Å². The Hall–Kier alpha value is -0.520. The van der Waals surface area contributed by atoms with Crippen LogP contribution in [0.25, 0.3) is 0 Å². The predicted octanol–water partition coefficient (Wildman–Crippen LogP) is 3.83. The molecule has 22 heavy (non-hydrogen) atoms. The SMILES string of the molecule is CC([Te]c1ccccc1)C(=O)O[C@H]1C[C@@H](C)CC[C@@H]1C(C)C. The summed E-state index contributed by atoms with van der Waals surface area (Å²) in [5.74, 6) is 1.82. The van der Waals surface area contributed by atoms with E-state index in [0.717, 1.165) is 6.42 Å². The van der Waals surface area contributed by atoms with Gasteiger partial charge in [-0.25, -0.2) is 0 Å². The summed E-state index contributed by atoms with van der Waals surface area (Å²) in [4.78, 5) is 12.5. The summed E-state index contributed by atoms with van der Waals surface area (Å²) in [6, 6.07) is 10.4. The van der Waals surface area contributed by atoms with Crippen LogP contribution < -0.4 is 3.61 Å². The Morgan fingerprint density at radius 1 is 1.18 bits per heavy atom. The monoisotopic (exact) mass is 418 g/mol. The molecule has 122 valence electrons. The van der Waals surface area contributed by atoms with Gasteiger partial charge in [0.1, 0.15) is 0 Å². The summed E-state index contributed by atoms with van der Waals surface area (Å²) in [6.07, 6.45) is 3.63. The molecule has 0 aliphatic heterocycles. The summed E-state index contributed by atoms with van der Waals surface area (Å²) in [5.41, 5.74) is 0. The Morgan fingerprint density at radius 2 is 1.86 bits per heavy atom. The minimum absolute atomic E-state index is 0.0241. The number of esters is 1. The molecule has 1 saturated carbocycles. The van der Waals surface area contributed by atoms with Crippen LogP contribution in [-0.2, 0) is 9.53 Å². The molecule has 1 unspecified atom stereocenters. The van der Waals surface area contributed by atoms with Crippen molar-refractivity contribution < 1.29 is 9.53 Å². The van der Waals surface area contributed by atoms with Crippen molar-refractivity contribution in [3.05, 3.63) is 30.3 Å². The van der Waals surface area contributed by atoms with Gasteiger partial charge in [0, 0.05) is 0 Å². The van der Waals surface area contributed by atoms with Gasteiger partial charge in [0.05, 0.1) is 0 Å². The topological polar surface area (TPSA) is 26.3 Å². The van der Waals surface area contributed by atoms with Crippen LogP contribution in [0, 0.1) is 17.8 Å². The van der Waals surface area contributed by atoms with Crippen LogP contribution in [-0.4, -0.2) is 33.0 Å². The van der Waals surface area contributed by atoms with Gasteiger partial charge in [-0.05, 0) is 0 Å². The molecule has 3 heteroatoms. The second-order valence-electron chi connectivity index (χ2n) is 6.87. The fraction of sp³-hybridized carbons (Fsp3) is 0.632. The Bertz CT molecular complexity index is 472. The molecular weight excluding hydrogens is 388 g/mol. The fourth-order valence-corrected chi connectivity index (χ4v) is 5.74. The Balaban J connectivity index is 1.94. The second kappa shape index (κ2) is 8.36. The number of hydrogen-bond acceptors (Lipinski definition) is 2. The van der Waals surface area contributed by atoms with E-state index >= 15 is 0 Å². The Morgan fingerprint density at radius 3 is 2.50 bits per heavy atom. The van der Waals surface area contributed by atoms with Gasteiger partial charge in [0.15, 0.2) is 0 Å². The van der Waals surface area contributed by atoms with Gasteiger partial charge in [-0.3, -0.25) is 0 Å². The number of hydrogen-bond donors (Lipinski definition) is 0. The van der Waals surface area contributed by atoms with E-state index in [9.17, 15) is 4.79 Å². The molecule has 1 aliphatic carbocycles. The number of carbonyl (C=O) groups is 1. The molecule has 0 radical (unpaired) electrons. The third-order valence-electron chi connectivity index (χ3n) is 4.62. The zero-order valence-electron chi connectivity index (χ0n) is 14.1. The van der Waals surface area contributed by atoms with Crippen LogP contribution in [0.5, 0.6) is 0 Å². The zero-order chi connectivity index (χ0) is 16.1. The van der Waals surface area contributed by atoms with E-state index < -0.39 is 20.9 Å². The number of rotatable bonds is 5. The molecule has 0 bridgehead atoms. The second-order valence-corrected chi connectivity index (χ2v) is 10.9. The number of carbonyl (C=O) groups excluding carboxylic acids is 1. The fourth-order valence-electron chi connectivity index (χ4n) is 3.25. The molecule has 2 nitrogen and oxygen atoms in total. The summed E-state index contributed by atoms with van der Waals surface area (Å²) >= 11 is -0.518. The third-order valence-corrected chi connectivity index (χ3v) is 7.73. The first-order chi connectivity index (χ1) is 10.5. The Kier molecular flexibility index (Phi) is 6.78. The van der Waals surface area contributed by atoms with Gasteiger partial charge < -0.3 is 0 Å². The van der Waals surface area contributed by atoms with Gasteiger partial charge in [-0.2, -0.15) is 0 Å². The van der Waals surface area contributed by atoms with Gasteiger partial charge in [-0.15, -0.1) is 0 Å². The van der Waals surface area contributed by atoms with Crippen LogP contribution in [0.4, 0.5) is 0 Å². The van der Waals surface area contributed by atoms with Crippen molar-refractivity contribution in [2.75, 3.05) is 0 Å². The minimum atomic E-state index is -0.518. The first-order valence-electron chi connectivity index (χ1n) is 8.39. The van der Waals surface area contributed by atoms with Crippen molar-refractivity contribution in [3.63, 3.8) is 0 Å². The number of ether oxygens (including phenoxy) is 1. The van der Waals surface area contributed by atoms with Gasteiger partial charge in [-0.1, -0.05) is 0 Å². The quantitative estimate of drug-likeness (QED) is 0.539. The van der Waals surface area contributed by atoms with E-state index in [1.165, 1.54) is 16.5 Å². The molecule has 0 amide bonds. The maximum absolute atomic E-state index is 12.5. The predicted molar refractivity (Wildman–Crippen MR) is 92.5 cm³/mol.